The maximum Gasteiger partial charge on any atom is 0.0371 e. The van der Waals surface area contributed by atoms with Crippen LogP contribution in [0.25, 0.3) is 5.57 Å². The SMILES string of the molecule is C=C(c1ccc(C)cc1)c1ccc(N2C(C)CCC2C)cc1. The average molecular weight is 291 g/mol. The van der Waals surface area contributed by atoms with Crippen molar-refractivity contribution in [1.29, 1.82) is 0 Å². The molecule has 2 unspecified atom stereocenters. The van der Waals surface area contributed by atoms with Crippen LogP contribution in [0.5, 0.6) is 0 Å². The van der Waals surface area contributed by atoms with Crippen molar-refractivity contribution >= 4 is 11.3 Å². The zero-order chi connectivity index (χ0) is 15.7. The predicted molar refractivity (Wildman–Crippen MR) is 96.4 cm³/mol. The summed E-state index contributed by atoms with van der Waals surface area (Å²) in [6.07, 6.45) is 2.58. The second kappa shape index (κ2) is 6.00. The van der Waals surface area contributed by atoms with E-state index in [4.69, 9.17) is 0 Å². The van der Waals surface area contributed by atoms with E-state index in [1.54, 1.807) is 0 Å². The first-order valence-corrected chi connectivity index (χ1v) is 8.21. The van der Waals surface area contributed by atoms with Gasteiger partial charge in [0.05, 0.1) is 0 Å². The van der Waals surface area contributed by atoms with Crippen LogP contribution in [-0.4, -0.2) is 12.1 Å². The lowest BCUT2D eigenvalue weighted by Crippen LogP contribution is -2.32. The second-order valence-electron chi connectivity index (χ2n) is 6.57. The smallest absolute Gasteiger partial charge is 0.0371 e. The molecule has 1 saturated heterocycles. The molecule has 0 aliphatic carbocycles. The van der Waals surface area contributed by atoms with Crippen LogP contribution in [0.1, 0.15) is 43.4 Å². The minimum atomic E-state index is 0.640. The van der Waals surface area contributed by atoms with Gasteiger partial charge in [-0.2, -0.15) is 0 Å². The molecule has 0 bridgehead atoms. The number of rotatable bonds is 3. The number of nitrogens with zero attached hydrogens (tertiary/aromatic N) is 1. The fraction of sp³-hybridized carbons (Fsp3) is 0.333. The minimum absolute atomic E-state index is 0.640. The van der Waals surface area contributed by atoms with Gasteiger partial charge in [0.1, 0.15) is 0 Å². The molecule has 1 nitrogen and oxygen atoms in total. The molecule has 2 aromatic rings. The number of hydrogen-bond donors (Lipinski definition) is 0. The van der Waals surface area contributed by atoms with Crippen LogP contribution >= 0.6 is 0 Å². The Balaban J connectivity index is 1.82. The van der Waals surface area contributed by atoms with E-state index in [9.17, 15) is 0 Å². The Morgan fingerprint density at radius 1 is 0.864 bits per heavy atom. The highest BCUT2D eigenvalue weighted by Gasteiger charge is 2.27. The van der Waals surface area contributed by atoms with Crippen LogP contribution in [0.2, 0.25) is 0 Å². The van der Waals surface area contributed by atoms with Crippen LogP contribution in [-0.2, 0) is 0 Å². The van der Waals surface area contributed by atoms with E-state index >= 15 is 0 Å². The molecule has 2 atom stereocenters. The average Bonchev–Trinajstić information content (AvgIpc) is 2.86. The van der Waals surface area contributed by atoms with Crippen molar-refractivity contribution in [2.75, 3.05) is 4.90 Å². The predicted octanol–water partition coefficient (Wildman–Crippen LogP) is 5.43. The van der Waals surface area contributed by atoms with Gasteiger partial charge in [-0.05, 0) is 62.4 Å². The molecular weight excluding hydrogens is 266 g/mol. The Labute approximate surface area is 134 Å². The summed E-state index contributed by atoms with van der Waals surface area (Å²) in [7, 11) is 0. The second-order valence-corrected chi connectivity index (χ2v) is 6.57. The van der Waals surface area contributed by atoms with Gasteiger partial charge in [-0.25, -0.2) is 0 Å². The molecule has 2 aromatic carbocycles. The quantitative estimate of drug-likeness (QED) is 0.728. The van der Waals surface area contributed by atoms with Gasteiger partial charge in [0.25, 0.3) is 0 Å². The van der Waals surface area contributed by atoms with Crippen molar-refractivity contribution < 1.29 is 0 Å². The molecule has 0 radical (unpaired) electrons. The Bertz CT molecular complexity index is 641. The lowest BCUT2D eigenvalue weighted by molar-refractivity contribution is 0.694. The normalized spacial score (nSPS) is 21.1. The highest BCUT2D eigenvalue weighted by atomic mass is 15.2. The van der Waals surface area contributed by atoms with Crippen LogP contribution in [0.15, 0.2) is 55.1 Å². The molecule has 0 saturated carbocycles. The molecule has 1 aliphatic heterocycles. The van der Waals surface area contributed by atoms with E-state index < -0.39 is 0 Å². The summed E-state index contributed by atoms with van der Waals surface area (Å²) in [6, 6.07) is 18.8. The van der Waals surface area contributed by atoms with E-state index in [2.05, 4.69) is 80.8 Å². The Hall–Kier alpha value is -2.02. The van der Waals surface area contributed by atoms with Gasteiger partial charge in [0.15, 0.2) is 0 Å². The highest BCUT2D eigenvalue weighted by molar-refractivity contribution is 5.78. The van der Waals surface area contributed by atoms with E-state index in [-0.39, 0.29) is 0 Å². The zero-order valence-corrected chi connectivity index (χ0v) is 13.8. The molecule has 0 amide bonds. The van der Waals surface area contributed by atoms with Crippen molar-refractivity contribution in [3.8, 4) is 0 Å². The molecule has 1 heteroatoms. The van der Waals surface area contributed by atoms with E-state index in [1.165, 1.54) is 35.2 Å². The first-order valence-electron chi connectivity index (χ1n) is 8.21. The molecule has 3 rings (SSSR count). The minimum Gasteiger partial charge on any atom is -0.366 e. The zero-order valence-electron chi connectivity index (χ0n) is 13.8. The maximum atomic E-state index is 4.27. The number of aryl methyl sites for hydroxylation is 1. The Morgan fingerprint density at radius 2 is 1.32 bits per heavy atom. The summed E-state index contributed by atoms with van der Waals surface area (Å²) in [5.74, 6) is 0. The van der Waals surface area contributed by atoms with Gasteiger partial charge in [-0.1, -0.05) is 48.5 Å². The molecule has 0 N–H and O–H groups in total. The highest BCUT2D eigenvalue weighted by Crippen LogP contribution is 2.31. The summed E-state index contributed by atoms with van der Waals surface area (Å²) < 4.78 is 0. The van der Waals surface area contributed by atoms with E-state index in [1.807, 2.05) is 0 Å². The standard InChI is InChI=1S/C21H25N/c1-15-5-9-19(10-6-15)18(4)20-11-13-21(14-12-20)22-16(2)7-8-17(22)3/h5-6,9-14,16-17H,4,7-8H2,1-3H3. The third-order valence-electron chi connectivity index (χ3n) is 4.87. The topological polar surface area (TPSA) is 3.24 Å². The van der Waals surface area contributed by atoms with Crippen LogP contribution < -0.4 is 4.90 Å². The molecular formula is C21H25N. The number of anilines is 1. The summed E-state index contributed by atoms with van der Waals surface area (Å²) >= 11 is 0. The van der Waals surface area contributed by atoms with Gasteiger partial charge < -0.3 is 4.90 Å². The summed E-state index contributed by atoms with van der Waals surface area (Å²) in [6.45, 7) is 11.0. The molecule has 22 heavy (non-hydrogen) atoms. The number of benzene rings is 2. The molecule has 114 valence electrons. The molecule has 1 fully saturated rings. The van der Waals surface area contributed by atoms with Gasteiger partial charge in [-0.15, -0.1) is 0 Å². The van der Waals surface area contributed by atoms with Crippen molar-refractivity contribution in [2.45, 2.75) is 45.7 Å². The van der Waals surface area contributed by atoms with Crippen LogP contribution in [0.3, 0.4) is 0 Å². The van der Waals surface area contributed by atoms with Gasteiger partial charge in [0, 0.05) is 17.8 Å². The lowest BCUT2D eigenvalue weighted by Gasteiger charge is -2.29. The molecule has 1 aliphatic rings. The third kappa shape index (κ3) is 2.81. The van der Waals surface area contributed by atoms with Crippen molar-refractivity contribution in [3.63, 3.8) is 0 Å². The van der Waals surface area contributed by atoms with Crippen molar-refractivity contribution in [1.82, 2.24) is 0 Å². The largest absolute Gasteiger partial charge is 0.366 e. The van der Waals surface area contributed by atoms with Gasteiger partial charge >= 0.3 is 0 Å². The fourth-order valence-electron chi connectivity index (χ4n) is 3.46. The summed E-state index contributed by atoms with van der Waals surface area (Å²) in [4.78, 5) is 2.54. The fourth-order valence-corrected chi connectivity index (χ4v) is 3.46. The lowest BCUT2D eigenvalue weighted by atomic mass is 9.98. The molecule has 0 spiro atoms. The first-order chi connectivity index (χ1) is 10.6. The van der Waals surface area contributed by atoms with Gasteiger partial charge in [0.2, 0.25) is 0 Å². The number of hydrogen-bond acceptors (Lipinski definition) is 1. The van der Waals surface area contributed by atoms with E-state index in [0.29, 0.717) is 12.1 Å². The molecule has 0 aromatic heterocycles. The molecule has 1 heterocycles. The van der Waals surface area contributed by atoms with Crippen molar-refractivity contribution in [3.05, 3.63) is 71.8 Å². The van der Waals surface area contributed by atoms with Gasteiger partial charge in [-0.3, -0.25) is 0 Å². The van der Waals surface area contributed by atoms with Crippen LogP contribution in [0, 0.1) is 6.92 Å². The Morgan fingerprint density at radius 3 is 1.82 bits per heavy atom. The Kier molecular flexibility index (Phi) is 4.06. The van der Waals surface area contributed by atoms with Crippen molar-refractivity contribution in [2.24, 2.45) is 0 Å². The van der Waals surface area contributed by atoms with E-state index in [0.717, 1.165) is 5.57 Å². The first kappa shape index (κ1) is 14.9. The summed E-state index contributed by atoms with van der Waals surface area (Å²) in [5.41, 5.74) is 6.10. The van der Waals surface area contributed by atoms with Crippen LogP contribution in [0.4, 0.5) is 5.69 Å². The third-order valence-corrected chi connectivity index (χ3v) is 4.87. The monoisotopic (exact) mass is 291 g/mol. The summed E-state index contributed by atoms with van der Waals surface area (Å²) in [5, 5.41) is 0. The maximum absolute atomic E-state index is 4.27.